The van der Waals surface area contributed by atoms with E-state index in [1.807, 2.05) is 13.0 Å². The van der Waals surface area contributed by atoms with Gasteiger partial charge in [0.25, 0.3) is 0 Å². The van der Waals surface area contributed by atoms with Gasteiger partial charge in [0, 0.05) is 16.5 Å². The van der Waals surface area contributed by atoms with Crippen LogP contribution in [0.5, 0.6) is 0 Å². The molecule has 0 bridgehead atoms. The molecule has 0 fully saturated rings. The molecule has 1 unspecified atom stereocenters. The number of aliphatic hydroxyl groups is 1. The second-order valence-electron chi connectivity index (χ2n) is 4.91. The predicted octanol–water partition coefficient (Wildman–Crippen LogP) is 3.68. The lowest BCUT2D eigenvalue weighted by Crippen LogP contribution is -2.32. The molecule has 0 heterocycles. The van der Waals surface area contributed by atoms with Crippen LogP contribution in [0, 0.1) is 0 Å². The van der Waals surface area contributed by atoms with Gasteiger partial charge >= 0.3 is 0 Å². The van der Waals surface area contributed by atoms with Gasteiger partial charge in [-0.25, -0.2) is 0 Å². The first-order valence-corrected chi connectivity index (χ1v) is 7.07. The molecule has 4 heteroatoms. The topological polar surface area (TPSA) is 32.3 Å². The van der Waals surface area contributed by atoms with Crippen LogP contribution in [-0.4, -0.2) is 23.8 Å². The van der Waals surface area contributed by atoms with Crippen molar-refractivity contribution in [2.75, 3.05) is 13.1 Å². The summed E-state index contributed by atoms with van der Waals surface area (Å²) in [6, 6.07) is 5.34. The van der Waals surface area contributed by atoms with Crippen LogP contribution in [0.1, 0.15) is 32.3 Å². The fourth-order valence-electron chi connectivity index (χ4n) is 1.84. The quantitative estimate of drug-likeness (QED) is 0.751. The molecule has 2 N–H and O–H groups in total. The van der Waals surface area contributed by atoms with Crippen LogP contribution in [0.4, 0.5) is 0 Å². The van der Waals surface area contributed by atoms with E-state index in [9.17, 15) is 5.11 Å². The Hall–Kier alpha value is -0.280. The van der Waals surface area contributed by atoms with E-state index in [0.29, 0.717) is 22.9 Å². The third-order valence-corrected chi connectivity index (χ3v) is 3.45. The number of hydrogen-bond acceptors (Lipinski definition) is 2. The van der Waals surface area contributed by atoms with E-state index in [4.69, 9.17) is 23.2 Å². The maximum atomic E-state index is 10.3. The smallest absolute Gasteiger partial charge is 0.0672 e. The van der Waals surface area contributed by atoms with Crippen molar-refractivity contribution in [1.29, 1.82) is 0 Å². The highest BCUT2D eigenvalue weighted by Crippen LogP contribution is 2.25. The summed E-state index contributed by atoms with van der Waals surface area (Å²) in [5, 5.41) is 14.9. The minimum atomic E-state index is -0.769. The highest BCUT2D eigenvalue weighted by atomic mass is 35.5. The van der Waals surface area contributed by atoms with Crippen molar-refractivity contribution in [1.82, 2.24) is 5.32 Å². The molecule has 2 nitrogen and oxygen atoms in total. The third kappa shape index (κ3) is 5.57. The number of halogens is 2. The zero-order valence-corrected chi connectivity index (χ0v) is 12.5. The van der Waals surface area contributed by atoms with Crippen molar-refractivity contribution < 1.29 is 5.11 Å². The monoisotopic (exact) mass is 289 g/mol. The van der Waals surface area contributed by atoms with Gasteiger partial charge in [0.1, 0.15) is 0 Å². The molecule has 1 rings (SSSR count). The zero-order chi connectivity index (χ0) is 13.6. The summed E-state index contributed by atoms with van der Waals surface area (Å²) in [4.78, 5) is 0. The van der Waals surface area contributed by atoms with E-state index >= 15 is 0 Å². The van der Waals surface area contributed by atoms with Crippen molar-refractivity contribution in [2.24, 2.45) is 0 Å². The lowest BCUT2D eigenvalue weighted by molar-refractivity contribution is 0.0516. The Morgan fingerprint density at radius 3 is 2.67 bits per heavy atom. The van der Waals surface area contributed by atoms with Crippen molar-refractivity contribution >= 4 is 23.2 Å². The number of hydrogen-bond donors (Lipinski definition) is 2. The van der Waals surface area contributed by atoms with E-state index in [0.717, 1.165) is 25.1 Å². The van der Waals surface area contributed by atoms with E-state index in [-0.39, 0.29) is 0 Å². The van der Waals surface area contributed by atoms with Crippen LogP contribution in [0.15, 0.2) is 18.2 Å². The maximum absolute atomic E-state index is 10.3. The highest BCUT2D eigenvalue weighted by Gasteiger charge is 2.21. The third-order valence-electron chi connectivity index (χ3n) is 2.85. The average molecular weight is 290 g/mol. The molecular formula is C14H21Cl2NO. The molecule has 0 aliphatic heterocycles. The molecular weight excluding hydrogens is 269 g/mol. The predicted molar refractivity (Wildman–Crippen MR) is 78.6 cm³/mol. The van der Waals surface area contributed by atoms with E-state index < -0.39 is 5.60 Å². The van der Waals surface area contributed by atoms with Crippen molar-refractivity contribution in [2.45, 2.75) is 38.7 Å². The largest absolute Gasteiger partial charge is 0.390 e. The first kappa shape index (κ1) is 15.8. The van der Waals surface area contributed by atoms with Crippen molar-refractivity contribution in [3.05, 3.63) is 33.8 Å². The molecule has 0 aliphatic rings. The molecule has 102 valence electrons. The van der Waals surface area contributed by atoms with Gasteiger partial charge in [0.2, 0.25) is 0 Å². The van der Waals surface area contributed by atoms with Gasteiger partial charge in [0.15, 0.2) is 0 Å². The molecule has 1 aromatic carbocycles. The lowest BCUT2D eigenvalue weighted by atomic mass is 9.93. The SMILES string of the molecule is CCCNCCC(C)(O)Cc1cc(Cl)ccc1Cl. The standard InChI is InChI=1S/C14H21Cl2NO/c1-3-7-17-8-6-14(2,18)10-11-9-12(15)4-5-13(11)16/h4-5,9,17-18H,3,6-8,10H2,1-2H3. The summed E-state index contributed by atoms with van der Waals surface area (Å²) in [5.41, 5.74) is 0.124. The Kier molecular flexibility index (Phi) is 6.44. The Labute approximate surface area is 119 Å². The summed E-state index contributed by atoms with van der Waals surface area (Å²) >= 11 is 12.0. The fourth-order valence-corrected chi connectivity index (χ4v) is 2.22. The maximum Gasteiger partial charge on any atom is 0.0672 e. The zero-order valence-electron chi connectivity index (χ0n) is 11.0. The second-order valence-corrected chi connectivity index (χ2v) is 5.75. The fraction of sp³-hybridized carbons (Fsp3) is 0.571. The minimum Gasteiger partial charge on any atom is -0.390 e. The van der Waals surface area contributed by atoms with Gasteiger partial charge in [-0.3, -0.25) is 0 Å². The summed E-state index contributed by atoms with van der Waals surface area (Å²) in [5.74, 6) is 0. The Morgan fingerprint density at radius 2 is 2.00 bits per heavy atom. The Bertz CT molecular complexity index is 380. The Balaban J connectivity index is 2.55. The molecule has 1 atom stereocenters. The molecule has 18 heavy (non-hydrogen) atoms. The average Bonchev–Trinajstić information content (AvgIpc) is 2.29. The summed E-state index contributed by atoms with van der Waals surface area (Å²) in [7, 11) is 0. The normalized spacial score (nSPS) is 14.5. The molecule has 0 aliphatic carbocycles. The number of nitrogens with one attached hydrogen (secondary N) is 1. The van der Waals surface area contributed by atoms with E-state index in [2.05, 4.69) is 12.2 Å². The van der Waals surface area contributed by atoms with Crippen LogP contribution in [0.3, 0.4) is 0 Å². The number of rotatable bonds is 7. The van der Waals surface area contributed by atoms with Crippen LogP contribution in [0.2, 0.25) is 10.0 Å². The van der Waals surface area contributed by atoms with Crippen LogP contribution < -0.4 is 5.32 Å². The molecule has 0 aromatic heterocycles. The van der Waals surface area contributed by atoms with Crippen LogP contribution >= 0.6 is 23.2 Å². The second kappa shape index (κ2) is 7.34. The van der Waals surface area contributed by atoms with Crippen molar-refractivity contribution in [3.8, 4) is 0 Å². The van der Waals surface area contributed by atoms with Gasteiger partial charge in [-0.05, 0) is 56.6 Å². The number of benzene rings is 1. The molecule has 0 amide bonds. The summed E-state index contributed by atoms with van der Waals surface area (Å²) in [6.45, 7) is 5.74. The minimum absolute atomic E-state index is 0.514. The highest BCUT2D eigenvalue weighted by molar-refractivity contribution is 6.33. The van der Waals surface area contributed by atoms with E-state index in [1.165, 1.54) is 0 Å². The van der Waals surface area contributed by atoms with Crippen LogP contribution in [0.25, 0.3) is 0 Å². The van der Waals surface area contributed by atoms with Gasteiger partial charge in [-0.1, -0.05) is 30.1 Å². The van der Waals surface area contributed by atoms with E-state index in [1.54, 1.807) is 12.1 Å². The molecule has 0 radical (unpaired) electrons. The lowest BCUT2D eigenvalue weighted by Gasteiger charge is -2.24. The van der Waals surface area contributed by atoms with Crippen molar-refractivity contribution in [3.63, 3.8) is 0 Å². The molecule has 0 spiro atoms. The first-order valence-electron chi connectivity index (χ1n) is 6.31. The van der Waals surface area contributed by atoms with Crippen LogP contribution in [-0.2, 0) is 6.42 Å². The Morgan fingerprint density at radius 1 is 1.28 bits per heavy atom. The van der Waals surface area contributed by atoms with Gasteiger partial charge < -0.3 is 10.4 Å². The first-order chi connectivity index (χ1) is 8.44. The summed E-state index contributed by atoms with van der Waals surface area (Å²) in [6.07, 6.45) is 2.30. The van der Waals surface area contributed by atoms with Gasteiger partial charge in [0.05, 0.1) is 5.60 Å². The molecule has 0 saturated heterocycles. The summed E-state index contributed by atoms with van der Waals surface area (Å²) < 4.78 is 0. The van der Waals surface area contributed by atoms with Gasteiger partial charge in [-0.2, -0.15) is 0 Å². The van der Waals surface area contributed by atoms with Gasteiger partial charge in [-0.15, -0.1) is 0 Å². The molecule has 1 aromatic rings. The molecule has 0 saturated carbocycles.